The molecule has 0 aliphatic heterocycles. The minimum Gasteiger partial charge on any atom is -0.469 e. The molecular formula is C13H26N2O4. The topological polar surface area (TPSA) is 81.9 Å². The molecule has 0 aromatic carbocycles. The number of amides is 1. The van der Waals surface area contributed by atoms with Crippen molar-refractivity contribution in [3.05, 3.63) is 0 Å². The molecule has 1 amide bonds. The minimum absolute atomic E-state index is 0.0383. The molecule has 1 atom stereocenters. The standard InChI is InChI=1S/C13H26N2O4/c1-12(2,3)19-11(17)15(6)13(4,5)9(14)8-10(16)18-7/h9H,8,14H2,1-7H3. The average Bonchev–Trinajstić information content (AvgIpc) is 2.25. The molecule has 0 heterocycles. The number of esters is 1. The molecule has 6 nitrogen and oxygen atoms in total. The molecular weight excluding hydrogens is 248 g/mol. The van der Waals surface area contributed by atoms with E-state index in [0.29, 0.717) is 0 Å². The SMILES string of the molecule is COC(=O)CC(N)C(C)(C)N(C)C(=O)OC(C)(C)C. The summed E-state index contributed by atoms with van der Waals surface area (Å²) in [6.07, 6.45) is -0.436. The molecule has 0 fully saturated rings. The molecule has 0 radical (unpaired) electrons. The highest BCUT2D eigenvalue weighted by Gasteiger charge is 2.37. The second kappa shape index (κ2) is 6.23. The number of carbonyl (C=O) groups is 2. The van der Waals surface area contributed by atoms with Crippen molar-refractivity contribution in [1.29, 1.82) is 0 Å². The van der Waals surface area contributed by atoms with Crippen molar-refractivity contribution in [1.82, 2.24) is 4.90 Å². The van der Waals surface area contributed by atoms with Gasteiger partial charge in [0.05, 0.1) is 19.1 Å². The summed E-state index contributed by atoms with van der Waals surface area (Å²) in [5.41, 5.74) is 4.68. The van der Waals surface area contributed by atoms with E-state index in [9.17, 15) is 9.59 Å². The second-order valence-corrected chi connectivity index (χ2v) is 6.08. The van der Waals surface area contributed by atoms with Gasteiger partial charge in [0.2, 0.25) is 0 Å². The van der Waals surface area contributed by atoms with Crippen LogP contribution in [0.25, 0.3) is 0 Å². The van der Waals surface area contributed by atoms with Crippen molar-refractivity contribution in [2.75, 3.05) is 14.2 Å². The Morgan fingerprint density at radius 2 is 1.68 bits per heavy atom. The van der Waals surface area contributed by atoms with E-state index in [0.717, 1.165) is 0 Å². The van der Waals surface area contributed by atoms with Crippen molar-refractivity contribution < 1.29 is 19.1 Å². The minimum atomic E-state index is -0.726. The van der Waals surface area contributed by atoms with Gasteiger partial charge in [-0.05, 0) is 34.6 Å². The van der Waals surface area contributed by atoms with E-state index in [-0.39, 0.29) is 6.42 Å². The van der Waals surface area contributed by atoms with Crippen LogP contribution in [0.4, 0.5) is 4.79 Å². The van der Waals surface area contributed by atoms with E-state index < -0.39 is 29.2 Å². The Morgan fingerprint density at radius 1 is 1.21 bits per heavy atom. The van der Waals surface area contributed by atoms with Crippen LogP contribution in [0, 0.1) is 0 Å². The zero-order chi connectivity index (χ0) is 15.4. The van der Waals surface area contributed by atoms with Gasteiger partial charge >= 0.3 is 12.1 Å². The van der Waals surface area contributed by atoms with Gasteiger partial charge < -0.3 is 20.1 Å². The molecule has 112 valence electrons. The first-order valence-corrected chi connectivity index (χ1v) is 6.21. The molecule has 0 saturated heterocycles. The normalized spacial score (nSPS) is 13.7. The number of carbonyl (C=O) groups excluding carboxylic acids is 2. The van der Waals surface area contributed by atoms with Crippen molar-refractivity contribution in [3.63, 3.8) is 0 Å². The zero-order valence-electron chi connectivity index (χ0n) is 12.9. The molecule has 0 aliphatic carbocycles. The predicted octanol–water partition coefficient (Wildman–Crippen LogP) is 1.52. The molecule has 2 N–H and O–H groups in total. The summed E-state index contributed by atoms with van der Waals surface area (Å²) < 4.78 is 9.87. The summed E-state index contributed by atoms with van der Waals surface area (Å²) >= 11 is 0. The van der Waals surface area contributed by atoms with Crippen LogP contribution in [0.1, 0.15) is 41.0 Å². The number of methoxy groups -OCH3 is 1. The van der Waals surface area contributed by atoms with Crippen LogP contribution in [0.2, 0.25) is 0 Å². The van der Waals surface area contributed by atoms with Gasteiger partial charge in [0.25, 0.3) is 0 Å². The van der Waals surface area contributed by atoms with Gasteiger partial charge in [-0.3, -0.25) is 4.79 Å². The van der Waals surface area contributed by atoms with Gasteiger partial charge in [0.15, 0.2) is 0 Å². The number of likely N-dealkylation sites (N-methyl/N-ethyl adjacent to an activating group) is 1. The smallest absolute Gasteiger partial charge is 0.410 e. The average molecular weight is 274 g/mol. The van der Waals surface area contributed by atoms with Crippen LogP contribution in [0.3, 0.4) is 0 Å². The molecule has 0 aliphatic rings. The van der Waals surface area contributed by atoms with Crippen LogP contribution in [0.15, 0.2) is 0 Å². The van der Waals surface area contributed by atoms with Crippen molar-refractivity contribution in [3.8, 4) is 0 Å². The largest absolute Gasteiger partial charge is 0.469 e. The summed E-state index contributed by atoms with van der Waals surface area (Å²) in [6, 6.07) is -0.544. The lowest BCUT2D eigenvalue weighted by Crippen LogP contribution is -2.58. The number of ether oxygens (including phenoxy) is 2. The molecule has 1 unspecified atom stereocenters. The number of nitrogens with zero attached hydrogens (tertiary/aromatic N) is 1. The summed E-state index contributed by atoms with van der Waals surface area (Å²) in [5.74, 6) is -0.404. The third kappa shape index (κ3) is 5.46. The first-order valence-electron chi connectivity index (χ1n) is 6.21. The first kappa shape index (κ1) is 17.7. The number of hydrogen-bond acceptors (Lipinski definition) is 5. The monoisotopic (exact) mass is 274 g/mol. The lowest BCUT2D eigenvalue weighted by Gasteiger charge is -2.40. The lowest BCUT2D eigenvalue weighted by molar-refractivity contribution is -0.141. The van der Waals surface area contributed by atoms with E-state index in [1.807, 2.05) is 0 Å². The molecule has 19 heavy (non-hydrogen) atoms. The van der Waals surface area contributed by atoms with E-state index in [1.54, 1.807) is 41.7 Å². The number of hydrogen-bond donors (Lipinski definition) is 1. The van der Waals surface area contributed by atoms with E-state index in [1.165, 1.54) is 12.0 Å². The van der Waals surface area contributed by atoms with E-state index >= 15 is 0 Å². The molecule has 0 saturated carbocycles. The van der Waals surface area contributed by atoms with Gasteiger partial charge in [-0.2, -0.15) is 0 Å². The zero-order valence-corrected chi connectivity index (χ0v) is 12.9. The van der Waals surface area contributed by atoms with Crippen LogP contribution in [-0.2, 0) is 14.3 Å². The lowest BCUT2D eigenvalue weighted by atomic mass is 9.91. The predicted molar refractivity (Wildman–Crippen MR) is 72.7 cm³/mol. The molecule has 0 aromatic rings. The fourth-order valence-electron chi connectivity index (χ4n) is 1.33. The molecule has 0 aromatic heterocycles. The van der Waals surface area contributed by atoms with Crippen LogP contribution in [-0.4, -0.2) is 48.3 Å². The highest BCUT2D eigenvalue weighted by molar-refractivity contribution is 5.71. The van der Waals surface area contributed by atoms with Crippen LogP contribution in [0.5, 0.6) is 0 Å². The van der Waals surface area contributed by atoms with E-state index in [2.05, 4.69) is 4.74 Å². The Balaban J connectivity index is 4.79. The maximum atomic E-state index is 12.0. The van der Waals surface area contributed by atoms with Crippen LogP contribution >= 0.6 is 0 Å². The summed E-state index contributed by atoms with van der Waals surface area (Å²) in [5, 5.41) is 0. The molecule has 0 rings (SSSR count). The Bertz CT molecular complexity index is 334. The van der Waals surface area contributed by atoms with Gasteiger partial charge in [0, 0.05) is 13.1 Å². The summed E-state index contributed by atoms with van der Waals surface area (Å²) in [6.45, 7) is 8.94. The van der Waals surface area contributed by atoms with E-state index in [4.69, 9.17) is 10.5 Å². The van der Waals surface area contributed by atoms with Gasteiger partial charge in [-0.25, -0.2) is 4.79 Å². The molecule has 0 spiro atoms. The highest BCUT2D eigenvalue weighted by Crippen LogP contribution is 2.21. The highest BCUT2D eigenvalue weighted by atomic mass is 16.6. The third-order valence-electron chi connectivity index (χ3n) is 3.05. The van der Waals surface area contributed by atoms with Crippen molar-refractivity contribution >= 4 is 12.1 Å². The Morgan fingerprint density at radius 3 is 2.05 bits per heavy atom. The molecule has 6 heteroatoms. The summed E-state index contributed by atoms with van der Waals surface area (Å²) in [7, 11) is 2.91. The quantitative estimate of drug-likeness (QED) is 0.786. The van der Waals surface area contributed by atoms with Gasteiger partial charge in [0.1, 0.15) is 5.60 Å². The Hall–Kier alpha value is -1.30. The van der Waals surface area contributed by atoms with Gasteiger partial charge in [-0.15, -0.1) is 0 Å². The molecule has 0 bridgehead atoms. The second-order valence-electron chi connectivity index (χ2n) is 6.08. The maximum absolute atomic E-state index is 12.0. The Kier molecular flexibility index (Phi) is 5.81. The van der Waals surface area contributed by atoms with Crippen molar-refractivity contribution in [2.24, 2.45) is 5.73 Å². The van der Waals surface area contributed by atoms with Crippen molar-refractivity contribution in [2.45, 2.75) is 58.2 Å². The first-order chi connectivity index (χ1) is 8.41. The Labute approximate surface area is 115 Å². The van der Waals surface area contributed by atoms with Crippen LogP contribution < -0.4 is 5.73 Å². The maximum Gasteiger partial charge on any atom is 0.410 e. The summed E-state index contributed by atoms with van der Waals surface area (Å²) in [4.78, 5) is 24.7. The number of nitrogens with two attached hydrogens (primary N) is 1. The fraction of sp³-hybridized carbons (Fsp3) is 0.846. The van der Waals surface area contributed by atoms with Gasteiger partial charge in [-0.1, -0.05) is 0 Å². The number of rotatable bonds is 4. The fourth-order valence-corrected chi connectivity index (χ4v) is 1.33. The third-order valence-corrected chi connectivity index (χ3v) is 3.05.